The Balaban J connectivity index is 2.46. The van der Waals surface area contributed by atoms with Gasteiger partial charge < -0.3 is 14.8 Å². The summed E-state index contributed by atoms with van der Waals surface area (Å²) in [6.07, 6.45) is 2.99. The highest BCUT2D eigenvalue weighted by molar-refractivity contribution is 7.84. The molecule has 0 saturated heterocycles. The summed E-state index contributed by atoms with van der Waals surface area (Å²) in [7, 11) is -0.875. The van der Waals surface area contributed by atoms with E-state index in [2.05, 4.69) is 5.32 Å². The van der Waals surface area contributed by atoms with Gasteiger partial charge >= 0.3 is 5.97 Å². The van der Waals surface area contributed by atoms with Crippen molar-refractivity contribution < 1.29 is 18.5 Å². The number of nitrogens with one attached hydrogen (secondary N) is 1. The van der Waals surface area contributed by atoms with Crippen LogP contribution in [0.2, 0.25) is 0 Å². The summed E-state index contributed by atoms with van der Waals surface area (Å²) in [5, 5.41) is 11.9. The van der Waals surface area contributed by atoms with E-state index in [4.69, 9.17) is 9.52 Å². The van der Waals surface area contributed by atoms with Crippen LogP contribution in [0.25, 0.3) is 0 Å². The molecule has 1 rings (SSSR count). The third-order valence-electron chi connectivity index (χ3n) is 2.25. The molecule has 5 nitrogen and oxygen atoms in total. The van der Waals surface area contributed by atoms with Gasteiger partial charge in [-0.25, -0.2) is 4.79 Å². The third kappa shape index (κ3) is 3.46. The average Bonchev–Trinajstić information content (AvgIpc) is 2.65. The number of carboxylic acid groups (broad SMARTS) is 1. The molecule has 90 valence electrons. The Morgan fingerprint density at radius 2 is 2.38 bits per heavy atom. The van der Waals surface area contributed by atoms with Crippen LogP contribution in [0.4, 0.5) is 0 Å². The van der Waals surface area contributed by atoms with Crippen molar-refractivity contribution in [1.82, 2.24) is 5.32 Å². The third-order valence-corrected chi connectivity index (χ3v) is 3.55. The SMILES string of the molecule is CC(CNCc1ccoc1C(=O)O)S(C)=O. The van der Waals surface area contributed by atoms with Crippen molar-refractivity contribution in [3.05, 3.63) is 23.7 Å². The maximum absolute atomic E-state index is 11.1. The summed E-state index contributed by atoms with van der Waals surface area (Å²) in [5.41, 5.74) is 0.599. The predicted molar refractivity (Wildman–Crippen MR) is 60.9 cm³/mol. The molecule has 0 aliphatic heterocycles. The van der Waals surface area contributed by atoms with Crippen molar-refractivity contribution in [3.63, 3.8) is 0 Å². The minimum atomic E-state index is -1.08. The highest BCUT2D eigenvalue weighted by Gasteiger charge is 2.13. The smallest absolute Gasteiger partial charge is 0.372 e. The topological polar surface area (TPSA) is 79.5 Å². The average molecular weight is 245 g/mol. The molecule has 2 unspecified atom stereocenters. The van der Waals surface area contributed by atoms with Crippen molar-refractivity contribution in [1.29, 1.82) is 0 Å². The molecule has 0 radical (unpaired) electrons. The minimum absolute atomic E-state index is 0.0418. The van der Waals surface area contributed by atoms with Gasteiger partial charge in [0.1, 0.15) is 0 Å². The molecule has 0 amide bonds. The number of hydrogen-bond acceptors (Lipinski definition) is 4. The van der Waals surface area contributed by atoms with E-state index in [-0.39, 0.29) is 11.0 Å². The zero-order valence-electron chi connectivity index (χ0n) is 9.23. The molecular formula is C10H15NO4S. The van der Waals surface area contributed by atoms with Crippen LogP contribution in [0.5, 0.6) is 0 Å². The summed E-state index contributed by atoms with van der Waals surface area (Å²) in [6.45, 7) is 2.85. The van der Waals surface area contributed by atoms with Gasteiger partial charge in [-0.2, -0.15) is 0 Å². The van der Waals surface area contributed by atoms with Crippen molar-refractivity contribution in [2.24, 2.45) is 0 Å². The van der Waals surface area contributed by atoms with Gasteiger partial charge in [0.15, 0.2) is 0 Å². The largest absolute Gasteiger partial charge is 0.475 e. The van der Waals surface area contributed by atoms with Crippen LogP contribution in [-0.4, -0.2) is 33.3 Å². The fourth-order valence-corrected chi connectivity index (χ4v) is 1.54. The maximum Gasteiger partial charge on any atom is 0.372 e. The maximum atomic E-state index is 11.1. The van der Waals surface area contributed by atoms with E-state index < -0.39 is 16.8 Å². The molecule has 6 heteroatoms. The van der Waals surface area contributed by atoms with Crippen LogP contribution in [0.3, 0.4) is 0 Å². The van der Waals surface area contributed by atoms with Crippen LogP contribution in [0.1, 0.15) is 23.0 Å². The van der Waals surface area contributed by atoms with E-state index in [0.29, 0.717) is 18.7 Å². The van der Waals surface area contributed by atoms with E-state index in [9.17, 15) is 9.00 Å². The van der Waals surface area contributed by atoms with Gasteiger partial charge in [0, 0.05) is 41.0 Å². The van der Waals surface area contributed by atoms with Crippen molar-refractivity contribution in [3.8, 4) is 0 Å². The molecule has 0 bridgehead atoms. The monoisotopic (exact) mass is 245 g/mol. The zero-order chi connectivity index (χ0) is 12.1. The number of rotatable bonds is 6. The van der Waals surface area contributed by atoms with Crippen LogP contribution in [0.15, 0.2) is 16.7 Å². The first-order valence-corrected chi connectivity index (χ1v) is 6.47. The van der Waals surface area contributed by atoms with Gasteiger partial charge in [-0.1, -0.05) is 0 Å². The highest BCUT2D eigenvalue weighted by atomic mass is 32.2. The molecule has 0 aromatic carbocycles. The molecule has 2 N–H and O–H groups in total. The molecule has 1 aromatic rings. The minimum Gasteiger partial charge on any atom is -0.475 e. The molecule has 1 aromatic heterocycles. The second-order valence-electron chi connectivity index (χ2n) is 3.52. The summed E-state index contributed by atoms with van der Waals surface area (Å²) in [5.74, 6) is -1.12. The zero-order valence-corrected chi connectivity index (χ0v) is 10.0. The summed E-state index contributed by atoms with van der Waals surface area (Å²) >= 11 is 0. The van der Waals surface area contributed by atoms with E-state index in [1.807, 2.05) is 6.92 Å². The quantitative estimate of drug-likeness (QED) is 0.776. The number of carbonyl (C=O) groups is 1. The molecule has 2 atom stereocenters. The fraction of sp³-hybridized carbons (Fsp3) is 0.500. The first-order valence-electron chi connectivity index (χ1n) is 4.85. The van der Waals surface area contributed by atoms with Crippen LogP contribution < -0.4 is 5.32 Å². The molecule has 0 spiro atoms. The van der Waals surface area contributed by atoms with Crippen LogP contribution in [0, 0.1) is 0 Å². The Hall–Kier alpha value is -1.14. The first kappa shape index (κ1) is 12.9. The molecule has 1 heterocycles. The molecule has 0 fully saturated rings. The number of aromatic carboxylic acids is 1. The molecule has 0 aliphatic carbocycles. The molecule has 0 saturated carbocycles. The molecular weight excluding hydrogens is 230 g/mol. The van der Waals surface area contributed by atoms with Gasteiger partial charge in [0.2, 0.25) is 5.76 Å². The van der Waals surface area contributed by atoms with Crippen LogP contribution >= 0.6 is 0 Å². The summed E-state index contributed by atoms with van der Waals surface area (Å²) in [6, 6.07) is 1.62. The second-order valence-corrected chi connectivity index (χ2v) is 5.32. The van der Waals surface area contributed by atoms with Gasteiger partial charge in [-0.05, 0) is 13.0 Å². The lowest BCUT2D eigenvalue weighted by molar-refractivity contribution is 0.0660. The Kier molecular flexibility index (Phi) is 4.70. The Morgan fingerprint density at radius 1 is 1.69 bits per heavy atom. The van der Waals surface area contributed by atoms with E-state index in [1.165, 1.54) is 6.26 Å². The Labute approximate surface area is 96.3 Å². The Morgan fingerprint density at radius 3 is 2.94 bits per heavy atom. The van der Waals surface area contributed by atoms with Crippen molar-refractivity contribution in [2.75, 3.05) is 12.8 Å². The lowest BCUT2D eigenvalue weighted by Crippen LogP contribution is -2.27. The number of furan rings is 1. The van der Waals surface area contributed by atoms with Gasteiger partial charge in [-0.15, -0.1) is 0 Å². The van der Waals surface area contributed by atoms with Crippen LogP contribution in [-0.2, 0) is 17.3 Å². The van der Waals surface area contributed by atoms with E-state index >= 15 is 0 Å². The van der Waals surface area contributed by atoms with Gasteiger partial charge in [0.05, 0.1) is 6.26 Å². The predicted octanol–water partition coefficient (Wildman–Crippen LogP) is 0.834. The highest BCUT2D eigenvalue weighted by Crippen LogP contribution is 2.09. The fourth-order valence-electron chi connectivity index (χ4n) is 1.19. The molecule has 16 heavy (non-hydrogen) atoms. The standard InChI is InChI=1S/C10H15NO4S/c1-7(16(2)14)5-11-6-8-3-4-15-9(8)10(12)13/h3-4,7,11H,5-6H2,1-2H3,(H,12,13). The number of hydrogen-bond donors (Lipinski definition) is 2. The second kappa shape index (κ2) is 5.81. The summed E-state index contributed by atoms with van der Waals surface area (Å²) in [4.78, 5) is 10.7. The van der Waals surface area contributed by atoms with E-state index in [1.54, 1.807) is 12.3 Å². The number of carboxylic acids is 1. The summed E-state index contributed by atoms with van der Waals surface area (Å²) < 4.78 is 15.9. The molecule has 0 aliphatic rings. The lowest BCUT2D eigenvalue weighted by Gasteiger charge is -2.09. The van der Waals surface area contributed by atoms with Gasteiger partial charge in [0.25, 0.3) is 0 Å². The van der Waals surface area contributed by atoms with Crippen molar-refractivity contribution >= 4 is 16.8 Å². The Bertz CT molecular complexity index is 388. The lowest BCUT2D eigenvalue weighted by atomic mass is 10.2. The first-order chi connectivity index (χ1) is 7.52. The van der Waals surface area contributed by atoms with Gasteiger partial charge in [-0.3, -0.25) is 4.21 Å². The van der Waals surface area contributed by atoms with Crippen molar-refractivity contribution in [2.45, 2.75) is 18.7 Å². The normalized spacial score (nSPS) is 14.6. The van der Waals surface area contributed by atoms with E-state index in [0.717, 1.165) is 0 Å².